The number of anilines is 2. The number of aromatic nitrogens is 1. The molecule has 0 saturated carbocycles. The van der Waals surface area contributed by atoms with Gasteiger partial charge in [-0.3, -0.25) is 0 Å². The van der Waals surface area contributed by atoms with Crippen molar-refractivity contribution in [2.75, 3.05) is 24.7 Å². The lowest BCUT2D eigenvalue weighted by atomic mass is 10.2. The molecular formula is C8H13N3. The van der Waals surface area contributed by atoms with Gasteiger partial charge in [-0.15, -0.1) is 0 Å². The zero-order valence-corrected chi connectivity index (χ0v) is 7.13. The first-order valence-corrected chi connectivity index (χ1v) is 3.50. The summed E-state index contributed by atoms with van der Waals surface area (Å²) in [6.07, 6.45) is 1.78. The Balaban J connectivity index is 3.13. The van der Waals surface area contributed by atoms with Gasteiger partial charge in [-0.2, -0.15) is 0 Å². The van der Waals surface area contributed by atoms with Gasteiger partial charge in [0.2, 0.25) is 0 Å². The maximum atomic E-state index is 5.53. The van der Waals surface area contributed by atoms with Crippen LogP contribution in [0.25, 0.3) is 0 Å². The van der Waals surface area contributed by atoms with Crippen molar-refractivity contribution in [1.29, 1.82) is 0 Å². The Morgan fingerprint density at radius 2 is 2.09 bits per heavy atom. The number of hydrogen-bond donors (Lipinski definition) is 1. The van der Waals surface area contributed by atoms with Crippen LogP contribution in [-0.4, -0.2) is 19.1 Å². The van der Waals surface area contributed by atoms with Crippen molar-refractivity contribution in [2.45, 2.75) is 6.92 Å². The fourth-order valence-electron chi connectivity index (χ4n) is 1.01. The Hall–Kier alpha value is -1.25. The van der Waals surface area contributed by atoms with Gasteiger partial charge < -0.3 is 10.6 Å². The molecule has 0 fully saturated rings. The highest BCUT2D eigenvalue weighted by Crippen LogP contribution is 2.17. The lowest BCUT2D eigenvalue weighted by Crippen LogP contribution is -2.11. The first kappa shape index (κ1) is 7.85. The normalized spacial score (nSPS) is 9.73. The van der Waals surface area contributed by atoms with Gasteiger partial charge in [0.1, 0.15) is 5.82 Å². The lowest BCUT2D eigenvalue weighted by molar-refractivity contribution is 1.10. The van der Waals surface area contributed by atoms with Crippen LogP contribution in [0.5, 0.6) is 0 Å². The van der Waals surface area contributed by atoms with E-state index in [2.05, 4.69) is 4.98 Å². The predicted octanol–water partition coefficient (Wildman–Crippen LogP) is 1.04. The van der Waals surface area contributed by atoms with Gasteiger partial charge in [0.05, 0.1) is 0 Å². The van der Waals surface area contributed by atoms with E-state index < -0.39 is 0 Å². The van der Waals surface area contributed by atoms with Crippen molar-refractivity contribution in [1.82, 2.24) is 4.98 Å². The summed E-state index contributed by atoms with van der Waals surface area (Å²) in [7, 11) is 3.98. The summed E-state index contributed by atoms with van der Waals surface area (Å²) in [5.74, 6) is 0.569. The molecular weight excluding hydrogens is 138 g/mol. The molecule has 0 aliphatic heterocycles. The molecule has 0 spiro atoms. The molecule has 0 radical (unpaired) electrons. The number of rotatable bonds is 1. The van der Waals surface area contributed by atoms with Gasteiger partial charge in [-0.25, -0.2) is 4.98 Å². The second kappa shape index (κ2) is 2.78. The summed E-state index contributed by atoms with van der Waals surface area (Å²) in [6, 6.07) is 1.87. The molecule has 0 aliphatic rings. The van der Waals surface area contributed by atoms with Gasteiger partial charge in [-0.1, -0.05) is 0 Å². The van der Waals surface area contributed by atoms with Crippen molar-refractivity contribution in [2.24, 2.45) is 0 Å². The summed E-state index contributed by atoms with van der Waals surface area (Å²) >= 11 is 0. The molecule has 2 N–H and O–H groups in total. The Labute approximate surface area is 66.8 Å². The first-order valence-electron chi connectivity index (χ1n) is 3.50. The Morgan fingerprint density at radius 3 is 2.55 bits per heavy atom. The average molecular weight is 151 g/mol. The monoisotopic (exact) mass is 151 g/mol. The smallest absolute Gasteiger partial charge is 0.125 e. The maximum absolute atomic E-state index is 5.53. The van der Waals surface area contributed by atoms with E-state index in [1.54, 1.807) is 6.20 Å². The molecule has 1 aromatic rings. The van der Waals surface area contributed by atoms with Gasteiger partial charge in [0.25, 0.3) is 0 Å². The van der Waals surface area contributed by atoms with Crippen molar-refractivity contribution in [3.63, 3.8) is 0 Å². The highest BCUT2D eigenvalue weighted by Gasteiger charge is 2.00. The second-order valence-corrected chi connectivity index (χ2v) is 2.79. The number of pyridine rings is 1. The summed E-state index contributed by atoms with van der Waals surface area (Å²) < 4.78 is 0. The van der Waals surface area contributed by atoms with Crippen LogP contribution in [0.3, 0.4) is 0 Å². The highest BCUT2D eigenvalue weighted by molar-refractivity contribution is 5.56. The summed E-state index contributed by atoms with van der Waals surface area (Å²) in [5.41, 5.74) is 7.79. The van der Waals surface area contributed by atoms with E-state index in [1.807, 2.05) is 32.0 Å². The molecule has 60 valence electrons. The number of nitrogens with two attached hydrogens (primary N) is 1. The van der Waals surface area contributed by atoms with E-state index in [0.717, 1.165) is 11.3 Å². The van der Waals surface area contributed by atoms with Crippen LogP contribution in [0, 0.1) is 6.92 Å². The number of nitrogen functional groups attached to an aromatic ring is 1. The van der Waals surface area contributed by atoms with E-state index in [1.165, 1.54) is 0 Å². The molecule has 3 nitrogen and oxygen atoms in total. The Bertz CT molecular complexity index is 256. The maximum Gasteiger partial charge on any atom is 0.125 e. The Kier molecular flexibility index (Phi) is 1.98. The van der Waals surface area contributed by atoms with Crippen molar-refractivity contribution in [3.05, 3.63) is 17.8 Å². The molecule has 1 aromatic heterocycles. The van der Waals surface area contributed by atoms with Crippen molar-refractivity contribution in [3.8, 4) is 0 Å². The van der Waals surface area contributed by atoms with E-state index in [-0.39, 0.29) is 0 Å². The van der Waals surface area contributed by atoms with Crippen LogP contribution < -0.4 is 10.6 Å². The number of hydrogen-bond acceptors (Lipinski definition) is 3. The van der Waals surface area contributed by atoms with Gasteiger partial charge in [0.15, 0.2) is 0 Å². The lowest BCUT2D eigenvalue weighted by Gasteiger charge is -2.14. The zero-order valence-electron chi connectivity index (χ0n) is 7.13. The Morgan fingerprint density at radius 1 is 1.45 bits per heavy atom. The third-order valence-electron chi connectivity index (χ3n) is 1.58. The molecule has 0 amide bonds. The van der Waals surface area contributed by atoms with Crippen LogP contribution in [0.4, 0.5) is 11.5 Å². The SMILES string of the molecule is Cc1cnc(N)cc1N(C)C. The number of nitrogens with zero attached hydrogens (tertiary/aromatic N) is 2. The van der Waals surface area contributed by atoms with Gasteiger partial charge in [0, 0.05) is 32.0 Å². The molecule has 0 aromatic carbocycles. The molecule has 0 saturated heterocycles. The van der Waals surface area contributed by atoms with Gasteiger partial charge in [-0.05, 0) is 12.5 Å². The number of aryl methyl sites for hydroxylation is 1. The van der Waals surface area contributed by atoms with E-state index in [9.17, 15) is 0 Å². The minimum Gasteiger partial charge on any atom is -0.384 e. The van der Waals surface area contributed by atoms with E-state index >= 15 is 0 Å². The molecule has 1 rings (SSSR count). The van der Waals surface area contributed by atoms with Crippen molar-refractivity contribution >= 4 is 11.5 Å². The largest absolute Gasteiger partial charge is 0.384 e. The second-order valence-electron chi connectivity index (χ2n) is 2.79. The highest BCUT2D eigenvalue weighted by atomic mass is 15.1. The summed E-state index contributed by atoms with van der Waals surface area (Å²) in [5, 5.41) is 0. The van der Waals surface area contributed by atoms with Crippen molar-refractivity contribution < 1.29 is 0 Å². The van der Waals surface area contributed by atoms with Crippen LogP contribution in [0.15, 0.2) is 12.3 Å². The van der Waals surface area contributed by atoms with E-state index in [4.69, 9.17) is 5.73 Å². The van der Waals surface area contributed by atoms with Crippen LogP contribution in [-0.2, 0) is 0 Å². The topological polar surface area (TPSA) is 42.1 Å². The molecule has 1 heterocycles. The fourth-order valence-corrected chi connectivity index (χ4v) is 1.01. The molecule has 0 aliphatic carbocycles. The predicted molar refractivity (Wildman–Crippen MR) is 47.7 cm³/mol. The first-order chi connectivity index (χ1) is 5.11. The third kappa shape index (κ3) is 1.61. The van der Waals surface area contributed by atoms with E-state index in [0.29, 0.717) is 5.82 Å². The zero-order chi connectivity index (χ0) is 8.43. The fraction of sp³-hybridized carbons (Fsp3) is 0.375. The standard InChI is InChI=1S/C8H13N3/c1-6-5-10-8(9)4-7(6)11(2)3/h4-5H,1-3H3,(H2,9,10). The van der Waals surface area contributed by atoms with Crippen LogP contribution in [0.1, 0.15) is 5.56 Å². The molecule has 11 heavy (non-hydrogen) atoms. The average Bonchev–Trinajstić information content (AvgIpc) is 1.94. The molecule has 0 bridgehead atoms. The summed E-state index contributed by atoms with van der Waals surface area (Å²) in [4.78, 5) is 5.99. The molecule has 3 heteroatoms. The van der Waals surface area contributed by atoms with Crippen LogP contribution >= 0.6 is 0 Å². The van der Waals surface area contributed by atoms with Crippen LogP contribution in [0.2, 0.25) is 0 Å². The third-order valence-corrected chi connectivity index (χ3v) is 1.58. The minimum atomic E-state index is 0.569. The quantitative estimate of drug-likeness (QED) is 0.652. The minimum absolute atomic E-state index is 0.569. The molecule has 0 unspecified atom stereocenters. The molecule has 0 atom stereocenters. The van der Waals surface area contributed by atoms with Gasteiger partial charge >= 0.3 is 0 Å². The summed E-state index contributed by atoms with van der Waals surface area (Å²) in [6.45, 7) is 2.02.